The Morgan fingerprint density at radius 3 is 2.71 bits per heavy atom. The summed E-state index contributed by atoms with van der Waals surface area (Å²) in [5, 5.41) is 0. The maximum atomic E-state index is 13.9. The Morgan fingerprint density at radius 1 is 1.47 bits per heavy atom. The molecule has 0 unspecified atom stereocenters. The predicted octanol–water partition coefficient (Wildman–Crippen LogP) is 3.22. The van der Waals surface area contributed by atoms with E-state index in [1.807, 2.05) is 13.0 Å². The van der Waals surface area contributed by atoms with Crippen molar-refractivity contribution in [1.82, 2.24) is 0 Å². The lowest BCUT2D eigenvalue weighted by atomic mass is 10.0. The summed E-state index contributed by atoms with van der Waals surface area (Å²) in [6.07, 6.45) is 3.51. The Kier molecular flexibility index (Phi) is 3.67. The van der Waals surface area contributed by atoms with Gasteiger partial charge in [0.25, 0.3) is 0 Å². The largest absolute Gasteiger partial charge is 0.368 e. The highest BCUT2D eigenvalue weighted by atomic mass is 19.1. The van der Waals surface area contributed by atoms with Gasteiger partial charge < -0.3 is 10.6 Å². The number of hydrogen-bond donors (Lipinski definition) is 1. The van der Waals surface area contributed by atoms with Crippen LogP contribution in [0, 0.1) is 5.82 Å². The lowest BCUT2D eigenvalue weighted by molar-refractivity contribution is 0.590. The summed E-state index contributed by atoms with van der Waals surface area (Å²) in [5.74, 6) is -0.181. The molecule has 0 spiro atoms. The lowest BCUT2D eigenvalue weighted by Gasteiger charge is -2.28. The van der Waals surface area contributed by atoms with Crippen molar-refractivity contribution >= 4 is 5.69 Å². The van der Waals surface area contributed by atoms with E-state index in [0.29, 0.717) is 11.6 Å². The Hall–Kier alpha value is -1.09. The van der Waals surface area contributed by atoms with Gasteiger partial charge in [-0.1, -0.05) is 13.0 Å². The molecule has 0 amide bonds. The van der Waals surface area contributed by atoms with Gasteiger partial charge in [-0.3, -0.25) is 0 Å². The highest BCUT2D eigenvalue weighted by Crippen LogP contribution is 2.36. The zero-order valence-electron chi connectivity index (χ0n) is 10.6. The molecule has 0 aliphatic heterocycles. The number of anilines is 1. The van der Waals surface area contributed by atoms with Gasteiger partial charge in [0.15, 0.2) is 0 Å². The molecular formula is C14H21FN2. The zero-order valence-corrected chi connectivity index (χ0v) is 10.6. The van der Waals surface area contributed by atoms with E-state index in [9.17, 15) is 4.39 Å². The Labute approximate surface area is 103 Å². The first kappa shape index (κ1) is 12.4. The molecule has 1 aliphatic carbocycles. The molecule has 1 fully saturated rings. The van der Waals surface area contributed by atoms with Gasteiger partial charge in [0.2, 0.25) is 0 Å². The van der Waals surface area contributed by atoms with Crippen LogP contribution in [0.4, 0.5) is 10.1 Å². The van der Waals surface area contributed by atoms with Gasteiger partial charge in [-0.25, -0.2) is 4.39 Å². The van der Waals surface area contributed by atoms with Crippen LogP contribution in [-0.2, 0) is 0 Å². The van der Waals surface area contributed by atoms with Crippen LogP contribution in [0.15, 0.2) is 18.2 Å². The van der Waals surface area contributed by atoms with Crippen LogP contribution in [0.2, 0.25) is 0 Å². The van der Waals surface area contributed by atoms with Gasteiger partial charge in [-0.05, 0) is 38.3 Å². The first-order valence-corrected chi connectivity index (χ1v) is 6.45. The molecule has 0 aromatic heterocycles. The molecule has 1 atom stereocenters. The van der Waals surface area contributed by atoms with E-state index in [0.717, 1.165) is 18.7 Å². The second-order valence-electron chi connectivity index (χ2n) is 4.89. The standard InChI is InChI=1S/C14H21FN2/c1-3-9-17(11-7-8-11)13-6-4-5-12(15)14(13)10(2)16/h4-6,10-11H,3,7-9,16H2,1-2H3/t10-/m1/s1. The summed E-state index contributed by atoms with van der Waals surface area (Å²) in [6.45, 7) is 4.98. The maximum absolute atomic E-state index is 13.9. The molecular weight excluding hydrogens is 215 g/mol. The number of nitrogens with zero attached hydrogens (tertiary/aromatic N) is 1. The average Bonchev–Trinajstić information content (AvgIpc) is 3.08. The summed E-state index contributed by atoms with van der Waals surface area (Å²) in [6, 6.07) is 5.61. The van der Waals surface area contributed by atoms with Crippen LogP contribution in [0.25, 0.3) is 0 Å². The van der Waals surface area contributed by atoms with Crippen molar-refractivity contribution in [3.05, 3.63) is 29.6 Å². The molecule has 2 N–H and O–H groups in total. The first-order chi connectivity index (χ1) is 8.15. The van der Waals surface area contributed by atoms with Crippen LogP contribution in [0.3, 0.4) is 0 Å². The third kappa shape index (κ3) is 2.60. The molecule has 1 aliphatic rings. The van der Waals surface area contributed by atoms with Gasteiger partial charge in [-0.15, -0.1) is 0 Å². The van der Waals surface area contributed by atoms with Crippen LogP contribution in [0.5, 0.6) is 0 Å². The Bertz CT molecular complexity index is 386. The van der Waals surface area contributed by atoms with E-state index in [1.165, 1.54) is 18.9 Å². The lowest BCUT2D eigenvalue weighted by Crippen LogP contribution is -2.29. The SMILES string of the molecule is CCCN(c1cccc(F)c1[C@@H](C)N)C1CC1. The summed E-state index contributed by atoms with van der Waals surface area (Å²) in [4.78, 5) is 2.32. The fraction of sp³-hybridized carbons (Fsp3) is 0.571. The monoisotopic (exact) mass is 236 g/mol. The van der Waals surface area contributed by atoms with Crippen molar-refractivity contribution in [3.8, 4) is 0 Å². The number of hydrogen-bond acceptors (Lipinski definition) is 2. The molecule has 17 heavy (non-hydrogen) atoms. The quantitative estimate of drug-likeness (QED) is 0.850. The van der Waals surface area contributed by atoms with Crippen LogP contribution in [-0.4, -0.2) is 12.6 Å². The fourth-order valence-electron chi connectivity index (χ4n) is 2.35. The predicted molar refractivity (Wildman–Crippen MR) is 69.7 cm³/mol. The zero-order chi connectivity index (χ0) is 12.4. The van der Waals surface area contributed by atoms with E-state index in [1.54, 1.807) is 6.07 Å². The normalized spacial score (nSPS) is 16.9. The maximum Gasteiger partial charge on any atom is 0.130 e. The van der Waals surface area contributed by atoms with E-state index in [2.05, 4.69) is 11.8 Å². The minimum absolute atomic E-state index is 0.181. The molecule has 2 nitrogen and oxygen atoms in total. The minimum atomic E-state index is -0.260. The van der Waals surface area contributed by atoms with Crippen LogP contribution < -0.4 is 10.6 Å². The number of benzene rings is 1. The summed E-state index contributed by atoms with van der Waals surface area (Å²) < 4.78 is 13.9. The second kappa shape index (κ2) is 5.05. The van der Waals surface area contributed by atoms with Crippen LogP contribution >= 0.6 is 0 Å². The van der Waals surface area contributed by atoms with Crippen LogP contribution in [0.1, 0.15) is 44.7 Å². The summed E-state index contributed by atoms with van der Waals surface area (Å²) in [7, 11) is 0. The third-order valence-electron chi connectivity index (χ3n) is 3.25. The molecule has 0 bridgehead atoms. The van der Waals surface area contributed by atoms with Crippen molar-refractivity contribution < 1.29 is 4.39 Å². The molecule has 1 saturated carbocycles. The van der Waals surface area contributed by atoms with Crippen molar-refractivity contribution in [1.29, 1.82) is 0 Å². The van der Waals surface area contributed by atoms with E-state index in [4.69, 9.17) is 5.73 Å². The van der Waals surface area contributed by atoms with E-state index < -0.39 is 0 Å². The highest BCUT2D eigenvalue weighted by Gasteiger charge is 2.30. The number of nitrogens with two attached hydrogens (primary N) is 1. The molecule has 1 aromatic carbocycles. The number of rotatable bonds is 5. The van der Waals surface area contributed by atoms with Crippen molar-refractivity contribution in [2.24, 2.45) is 5.73 Å². The minimum Gasteiger partial charge on any atom is -0.368 e. The number of halogens is 1. The topological polar surface area (TPSA) is 29.3 Å². The first-order valence-electron chi connectivity index (χ1n) is 6.45. The average molecular weight is 236 g/mol. The van der Waals surface area contributed by atoms with Crippen molar-refractivity contribution in [2.75, 3.05) is 11.4 Å². The van der Waals surface area contributed by atoms with Gasteiger partial charge >= 0.3 is 0 Å². The van der Waals surface area contributed by atoms with E-state index in [-0.39, 0.29) is 11.9 Å². The summed E-state index contributed by atoms with van der Waals surface area (Å²) >= 11 is 0. The Balaban J connectivity index is 2.37. The second-order valence-corrected chi connectivity index (χ2v) is 4.89. The molecule has 94 valence electrons. The van der Waals surface area contributed by atoms with Gasteiger partial charge in [0, 0.05) is 29.9 Å². The summed E-state index contributed by atoms with van der Waals surface area (Å²) in [5.41, 5.74) is 7.55. The van der Waals surface area contributed by atoms with Gasteiger partial charge in [-0.2, -0.15) is 0 Å². The molecule has 0 radical (unpaired) electrons. The molecule has 1 aromatic rings. The van der Waals surface area contributed by atoms with E-state index >= 15 is 0 Å². The van der Waals surface area contributed by atoms with Gasteiger partial charge in [0.05, 0.1) is 0 Å². The molecule has 0 heterocycles. The van der Waals surface area contributed by atoms with Gasteiger partial charge in [0.1, 0.15) is 5.82 Å². The van der Waals surface area contributed by atoms with Crippen molar-refractivity contribution in [3.63, 3.8) is 0 Å². The molecule has 0 saturated heterocycles. The Morgan fingerprint density at radius 2 is 2.18 bits per heavy atom. The smallest absolute Gasteiger partial charge is 0.130 e. The molecule has 3 heteroatoms. The third-order valence-corrected chi connectivity index (χ3v) is 3.25. The molecule has 2 rings (SSSR count). The van der Waals surface area contributed by atoms with Crippen molar-refractivity contribution in [2.45, 2.75) is 45.2 Å². The highest BCUT2D eigenvalue weighted by molar-refractivity contribution is 5.57. The fourth-order valence-corrected chi connectivity index (χ4v) is 2.35.